The molecular weight excluding hydrogens is 192 g/mol. The molecule has 0 heterocycles. The van der Waals surface area contributed by atoms with Crippen molar-refractivity contribution in [1.29, 1.82) is 5.26 Å². The fraction of sp³-hybridized carbons (Fsp3) is 0.818. The van der Waals surface area contributed by atoms with E-state index >= 15 is 0 Å². The van der Waals surface area contributed by atoms with Crippen LogP contribution in [0.25, 0.3) is 0 Å². The van der Waals surface area contributed by atoms with Crippen LogP contribution in [0.1, 0.15) is 26.7 Å². The van der Waals surface area contributed by atoms with Crippen molar-refractivity contribution >= 4 is 5.91 Å². The lowest BCUT2D eigenvalue weighted by atomic mass is 10.1. The van der Waals surface area contributed by atoms with E-state index in [-0.39, 0.29) is 11.8 Å². The van der Waals surface area contributed by atoms with Crippen molar-refractivity contribution in [2.45, 2.75) is 26.7 Å². The topological polar surface area (TPSA) is 53.3 Å². The molecule has 0 N–H and O–H groups in total. The SMILES string of the molecule is CCC(C)C(=O)N(CCC#N)CCOC. The highest BCUT2D eigenvalue weighted by molar-refractivity contribution is 5.78. The lowest BCUT2D eigenvalue weighted by Crippen LogP contribution is -2.38. The van der Waals surface area contributed by atoms with Gasteiger partial charge < -0.3 is 9.64 Å². The van der Waals surface area contributed by atoms with Crippen LogP contribution in [0.15, 0.2) is 0 Å². The Bertz CT molecular complexity index is 223. The number of nitrogens with zero attached hydrogens (tertiary/aromatic N) is 2. The minimum Gasteiger partial charge on any atom is -0.383 e. The smallest absolute Gasteiger partial charge is 0.225 e. The van der Waals surface area contributed by atoms with Gasteiger partial charge in [0.2, 0.25) is 5.91 Å². The van der Waals surface area contributed by atoms with Crippen molar-refractivity contribution in [3.63, 3.8) is 0 Å². The molecule has 0 rings (SSSR count). The maximum absolute atomic E-state index is 11.8. The van der Waals surface area contributed by atoms with Gasteiger partial charge in [-0.3, -0.25) is 4.79 Å². The van der Waals surface area contributed by atoms with Crippen LogP contribution in [0.5, 0.6) is 0 Å². The summed E-state index contributed by atoms with van der Waals surface area (Å²) >= 11 is 0. The first-order valence-corrected chi connectivity index (χ1v) is 5.32. The number of hydrogen-bond acceptors (Lipinski definition) is 3. The Morgan fingerprint density at radius 1 is 1.53 bits per heavy atom. The van der Waals surface area contributed by atoms with Crippen LogP contribution in [-0.2, 0) is 9.53 Å². The van der Waals surface area contributed by atoms with E-state index in [1.807, 2.05) is 13.8 Å². The van der Waals surface area contributed by atoms with E-state index in [9.17, 15) is 4.79 Å². The second-order valence-electron chi connectivity index (χ2n) is 3.54. The number of ether oxygens (including phenoxy) is 1. The Kier molecular flexibility index (Phi) is 7.65. The molecule has 0 saturated heterocycles. The van der Waals surface area contributed by atoms with Crippen molar-refractivity contribution in [3.8, 4) is 6.07 Å². The van der Waals surface area contributed by atoms with Crippen LogP contribution >= 0.6 is 0 Å². The molecule has 0 saturated carbocycles. The summed E-state index contributed by atoms with van der Waals surface area (Å²) in [6.07, 6.45) is 1.21. The molecule has 0 aliphatic rings. The molecule has 4 nitrogen and oxygen atoms in total. The van der Waals surface area contributed by atoms with E-state index in [4.69, 9.17) is 10.00 Å². The molecule has 86 valence electrons. The molecule has 4 heteroatoms. The summed E-state index contributed by atoms with van der Waals surface area (Å²) in [7, 11) is 1.61. The van der Waals surface area contributed by atoms with Gasteiger partial charge in [0.15, 0.2) is 0 Å². The fourth-order valence-electron chi connectivity index (χ4n) is 1.20. The Morgan fingerprint density at radius 2 is 2.20 bits per heavy atom. The van der Waals surface area contributed by atoms with Crippen molar-refractivity contribution in [2.75, 3.05) is 26.8 Å². The molecule has 0 radical (unpaired) electrons. The molecule has 1 atom stereocenters. The zero-order valence-corrected chi connectivity index (χ0v) is 9.82. The Balaban J connectivity index is 4.20. The van der Waals surface area contributed by atoms with Crippen LogP contribution in [0.3, 0.4) is 0 Å². The minimum atomic E-state index is 0.0283. The van der Waals surface area contributed by atoms with E-state index in [1.165, 1.54) is 0 Å². The van der Waals surface area contributed by atoms with Gasteiger partial charge in [0.05, 0.1) is 19.1 Å². The molecule has 0 aromatic carbocycles. The molecule has 0 bridgehead atoms. The van der Waals surface area contributed by atoms with E-state index in [0.29, 0.717) is 26.1 Å². The molecule has 0 aliphatic heterocycles. The van der Waals surface area contributed by atoms with E-state index in [1.54, 1.807) is 12.0 Å². The van der Waals surface area contributed by atoms with Gasteiger partial charge in [0.1, 0.15) is 0 Å². The molecule has 0 aromatic heterocycles. The molecule has 1 amide bonds. The molecule has 0 aliphatic carbocycles. The standard InChI is InChI=1S/C11H20N2O2/c1-4-10(2)11(14)13(7-5-6-12)8-9-15-3/h10H,4-5,7-9H2,1-3H3. The van der Waals surface area contributed by atoms with Gasteiger partial charge >= 0.3 is 0 Å². The number of carbonyl (C=O) groups excluding carboxylic acids is 1. The van der Waals surface area contributed by atoms with Gasteiger partial charge in [-0.2, -0.15) is 5.26 Å². The normalized spacial score (nSPS) is 11.9. The summed E-state index contributed by atoms with van der Waals surface area (Å²) in [4.78, 5) is 13.6. The first kappa shape index (κ1) is 13.9. The molecule has 15 heavy (non-hydrogen) atoms. The quantitative estimate of drug-likeness (QED) is 0.641. The van der Waals surface area contributed by atoms with Crippen molar-refractivity contribution < 1.29 is 9.53 Å². The molecule has 0 fully saturated rings. The van der Waals surface area contributed by atoms with E-state index in [2.05, 4.69) is 6.07 Å². The maximum atomic E-state index is 11.8. The summed E-state index contributed by atoms with van der Waals surface area (Å²) in [5.74, 6) is 0.144. The second-order valence-corrected chi connectivity index (χ2v) is 3.54. The van der Waals surface area contributed by atoms with Crippen LogP contribution in [-0.4, -0.2) is 37.6 Å². The van der Waals surface area contributed by atoms with Gasteiger partial charge in [-0.1, -0.05) is 13.8 Å². The van der Waals surface area contributed by atoms with E-state index < -0.39 is 0 Å². The lowest BCUT2D eigenvalue weighted by Gasteiger charge is -2.24. The zero-order valence-electron chi connectivity index (χ0n) is 9.82. The minimum absolute atomic E-state index is 0.0283. The third-order valence-corrected chi connectivity index (χ3v) is 2.40. The zero-order chi connectivity index (χ0) is 11.7. The number of rotatable bonds is 7. The number of nitriles is 1. The highest BCUT2D eigenvalue weighted by atomic mass is 16.5. The van der Waals surface area contributed by atoms with Crippen molar-refractivity contribution in [1.82, 2.24) is 4.90 Å². The highest BCUT2D eigenvalue weighted by Crippen LogP contribution is 2.07. The summed E-state index contributed by atoms with van der Waals surface area (Å²) in [6, 6.07) is 2.05. The van der Waals surface area contributed by atoms with Crippen LogP contribution in [0.2, 0.25) is 0 Å². The van der Waals surface area contributed by atoms with Gasteiger partial charge in [-0.05, 0) is 6.42 Å². The number of hydrogen-bond donors (Lipinski definition) is 0. The molecule has 0 spiro atoms. The first-order chi connectivity index (χ1) is 7.17. The van der Waals surface area contributed by atoms with Crippen LogP contribution in [0.4, 0.5) is 0 Å². The maximum Gasteiger partial charge on any atom is 0.225 e. The average Bonchev–Trinajstić information content (AvgIpc) is 2.27. The van der Waals surface area contributed by atoms with Crippen molar-refractivity contribution in [2.24, 2.45) is 5.92 Å². The third kappa shape index (κ3) is 5.38. The summed E-state index contributed by atoms with van der Waals surface area (Å²) in [5.41, 5.74) is 0. The average molecular weight is 212 g/mol. The lowest BCUT2D eigenvalue weighted by molar-refractivity contribution is -0.135. The molecule has 1 unspecified atom stereocenters. The first-order valence-electron chi connectivity index (χ1n) is 5.32. The Labute approximate surface area is 91.8 Å². The summed E-state index contributed by atoms with van der Waals surface area (Å²) in [5, 5.41) is 8.50. The largest absolute Gasteiger partial charge is 0.383 e. The highest BCUT2D eigenvalue weighted by Gasteiger charge is 2.18. The number of carbonyl (C=O) groups is 1. The van der Waals surface area contributed by atoms with Gasteiger partial charge in [0, 0.05) is 26.1 Å². The van der Waals surface area contributed by atoms with Gasteiger partial charge in [-0.15, -0.1) is 0 Å². The summed E-state index contributed by atoms with van der Waals surface area (Å²) < 4.78 is 4.94. The molecule has 0 aromatic rings. The predicted molar refractivity (Wildman–Crippen MR) is 58.1 cm³/mol. The Hall–Kier alpha value is -1.08. The second kappa shape index (κ2) is 8.25. The predicted octanol–water partition coefficient (Wildman–Crippen LogP) is 1.42. The van der Waals surface area contributed by atoms with Crippen molar-refractivity contribution in [3.05, 3.63) is 0 Å². The summed E-state index contributed by atoms with van der Waals surface area (Å²) in [6.45, 7) is 5.49. The third-order valence-electron chi connectivity index (χ3n) is 2.40. The Morgan fingerprint density at radius 3 is 2.67 bits per heavy atom. The monoisotopic (exact) mass is 212 g/mol. The van der Waals surface area contributed by atoms with Crippen LogP contribution < -0.4 is 0 Å². The van der Waals surface area contributed by atoms with Gasteiger partial charge in [0.25, 0.3) is 0 Å². The van der Waals surface area contributed by atoms with Crippen LogP contribution in [0, 0.1) is 17.2 Å². The fourth-order valence-corrected chi connectivity index (χ4v) is 1.20. The van der Waals surface area contributed by atoms with Gasteiger partial charge in [-0.25, -0.2) is 0 Å². The van der Waals surface area contributed by atoms with E-state index in [0.717, 1.165) is 6.42 Å². The number of methoxy groups -OCH3 is 1. The number of amides is 1. The molecular formula is C11H20N2O2.